The first-order chi connectivity index (χ1) is 12.5. The predicted molar refractivity (Wildman–Crippen MR) is 92.9 cm³/mol. The Morgan fingerprint density at radius 2 is 1.96 bits per heavy atom. The molecule has 0 spiro atoms. The van der Waals surface area contributed by atoms with Crippen molar-refractivity contribution in [3.05, 3.63) is 73.7 Å². The molecule has 1 atom stereocenters. The molecule has 1 aromatic carbocycles. The number of hydrogen-bond acceptors (Lipinski definition) is 7. The average Bonchev–Trinajstić information content (AvgIpc) is 3.10. The van der Waals surface area contributed by atoms with E-state index in [0.29, 0.717) is 5.02 Å². The van der Waals surface area contributed by atoms with Gasteiger partial charge in [0.25, 0.3) is 5.56 Å². The molecule has 136 valence electrons. The zero-order valence-corrected chi connectivity index (χ0v) is 14.9. The van der Waals surface area contributed by atoms with Gasteiger partial charge in [0.15, 0.2) is 0 Å². The highest BCUT2D eigenvalue weighted by molar-refractivity contribution is 6.31. The van der Waals surface area contributed by atoms with E-state index in [4.69, 9.17) is 32.8 Å². The third kappa shape index (κ3) is 4.10. The second-order valence-electron chi connectivity index (χ2n) is 5.50. The summed E-state index contributed by atoms with van der Waals surface area (Å²) in [4.78, 5) is 16.2. The van der Waals surface area contributed by atoms with Crippen molar-refractivity contribution < 1.29 is 14.7 Å². The molecular weight excluding hydrogens is 383 g/mol. The van der Waals surface area contributed by atoms with Gasteiger partial charge in [-0.25, -0.2) is 4.68 Å². The summed E-state index contributed by atoms with van der Waals surface area (Å²) in [6, 6.07) is 7.04. The van der Waals surface area contributed by atoms with Crippen molar-refractivity contribution in [1.82, 2.24) is 19.9 Å². The molecule has 0 radical (unpaired) electrons. The van der Waals surface area contributed by atoms with Gasteiger partial charge in [-0.3, -0.25) is 4.79 Å². The maximum atomic E-state index is 12.1. The topological polar surface area (TPSA) is 114 Å². The lowest BCUT2D eigenvalue weighted by Gasteiger charge is -2.06. The third-order valence-electron chi connectivity index (χ3n) is 3.64. The molecule has 0 fully saturated rings. The molecule has 0 amide bonds. The van der Waals surface area contributed by atoms with Crippen LogP contribution in [0.4, 0.5) is 0 Å². The van der Waals surface area contributed by atoms with E-state index >= 15 is 0 Å². The van der Waals surface area contributed by atoms with Gasteiger partial charge in [-0.05, 0) is 17.7 Å². The summed E-state index contributed by atoms with van der Waals surface area (Å²) in [6.45, 7) is -0.492. The smallest absolute Gasteiger partial charge is 0.286 e. The average molecular weight is 397 g/mol. The van der Waals surface area contributed by atoms with Crippen molar-refractivity contribution in [3.8, 4) is 0 Å². The van der Waals surface area contributed by atoms with E-state index in [-0.39, 0.29) is 41.9 Å². The van der Waals surface area contributed by atoms with Gasteiger partial charge in [0.1, 0.15) is 17.7 Å². The van der Waals surface area contributed by atoms with Gasteiger partial charge in [-0.15, -0.1) is 0 Å². The number of rotatable bonds is 6. The summed E-state index contributed by atoms with van der Waals surface area (Å²) in [7, 11) is 0. The maximum absolute atomic E-state index is 12.1. The fourth-order valence-electron chi connectivity index (χ4n) is 2.25. The first kappa shape index (κ1) is 18.5. The van der Waals surface area contributed by atoms with E-state index in [2.05, 4.69) is 15.2 Å². The minimum absolute atomic E-state index is 0.0950. The Bertz CT molecular complexity index is 956. The maximum Gasteiger partial charge on any atom is 0.286 e. The van der Waals surface area contributed by atoms with Crippen molar-refractivity contribution in [2.75, 3.05) is 0 Å². The van der Waals surface area contributed by atoms with Crippen molar-refractivity contribution in [2.24, 2.45) is 0 Å². The van der Waals surface area contributed by atoms with E-state index in [1.54, 1.807) is 24.3 Å². The Labute approximate surface area is 157 Å². The largest absolute Gasteiger partial charge is 0.392 e. The number of benzene rings is 1. The number of aliphatic hydroxyl groups excluding tert-OH is 2. The molecule has 8 nitrogen and oxygen atoms in total. The minimum Gasteiger partial charge on any atom is -0.392 e. The monoisotopic (exact) mass is 396 g/mol. The van der Waals surface area contributed by atoms with Crippen LogP contribution < -0.4 is 5.56 Å². The van der Waals surface area contributed by atoms with E-state index in [1.807, 2.05) is 0 Å². The summed E-state index contributed by atoms with van der Waals surface area (Å²) < 4.78 is 6.10. The lowest BCUT2D eigenvalue weighted by molar-refractivity contribution is 0.164. The molecule has 0 bridgehead atoms. The minimum atomic E-state index is -0.973. The van der Waals surface area contributed by atoms with Crippen molar-refractivity contribution in [3.63, 3.8) is 0 Å². The Hall–Kier alpha value is -2.26. The van der Waals surface area contributed by atoms with E-state index in [1.165, 1.54) is 6.20 Å². The molecule has 0 aliphatic heterocycles. The molecule has 3 aromatic rings. The zero-order valence-electron chi connectivity index (χ0n) is 13.3. The number of aliphatic hydroxyl groups is 2. The quantitative estimate of drug-likeness (QED) is 0.651. The Balaban J connectivity index is 1.72. The fourth-order valence-corrected chi connectivity index (χ4v) is 2.58. The molecule has 10 heteroatoms. The lowest BCUT2D eigenvalue weighted by atomic mass is 10.1. The fraction of sp³-hybridized carbons (Fsp3) is 0.250. The van der Waals surface area contributed by atoms with Crippen LogP contribution in [-0.2, 0) is 19.6 Å². The van der Waals surface area contributed by atoms with Gasteiger partial charge >= 0.3 is 0 Å². The normalized spacial score (nSPS) is 12.3. The standard InChI is InChI=1S/C16H14Cl2N4O4/c17-11-3-1-9(2-4-11)5-12(24)15-20-13(26-21-15)7-22-16(25)14(18)10(8-23)6-19-22/h1-4,6,12,23-24H,5,7-8H2/t12-/m0/s1. The summed E-state index contributed by atoms with van der Waals surface area (Å²) >= 11 is 11.7. The Morgan fingerprint density at radius 3 is 2.65 bits per heavy atom. The van der Waals surface area contributed by atoms with Crippen molar-refractivity contribution in [2.45, 2.75) is 25.7 Å². The molecular formula is C16H14Cl2N4O4. The SMILES string of the molecule is O=c1c(Cl)c(CO)cnn1Cc1nc([C@@H](O)Cc2ccc(Cl)cc2)no1. The van der Waals surface area contributed by atoms with Crippen LogP contribution in [0.1, 0.15) is 28.9 Å². The van der Waals surface area contributed by atoms with Gasteiger partial charge in [0, 0.05) is 17.0 Å². The van der Waals surface area contributed by atoms with Crippen LogP contribution in [0.25, 0.3) is 0 Å². The van der Waals surface area contributed by atoms with Gasteiger partial charge in [0.2, 0.25) is 11.7 Å². The highest BCUT2D eigenvalue weighted by Crippen LogP contribution is 2.18. The van der Waals surface area contributed by atoms with Gasteiger partial charge in [-0.1, -0.05) is 40.5 Å². The summed E-state index contributed by atoms with van der Waals surface area (Å²) in [5, 5.41) is 27.4. The van der Waals surface area contributed by atoms with Gasteiger partial charge in [-0.2, -0.15) is 10.1 Å². The molecule has 2 N–H and O–H groups in total. The van der Waals surface area contributed by atoms with E-state index in [0.717, 1.165) is 10.2 Å². The summed E-state index contributed by atoms with van der Waals surface area (Å²) in [5.74, 6) is 0.193. The van der Waals surface area contributed by atoms with Crippen molar-refractivity contribution in [1.29, 1.82) is 0 Å². The molecule has 3 rings (SSSR count). The molecule has 0 saturated heterocycles. The Morgan fingerprint density at radius 1 is 1.23 bits per heavy atom. The summed E-state index contributed by atoms with van der Waals surface area (Å²) in [5.41, 5.74) is 0.509. The number of halogens is 2. The van der Waals surface area contributed by atoms with Crippen LogP contribution in [0.5, 0.6) is 0 Å². The molecule has 0 unspecified atom stereocenters. The third-order valence-corrected chi connectivity index (χ3v) is 4.29. The van der Waals surface area contributed by atoms with Gasteiger partial charge < -0.3 is 14.7 Å². The second kappa shape index (κ2) is 7.96. The lowest BCUT2D eigenvalue weighted by Crippen LogP contribution is -2.25. The van der Waals surface area contributed by atoms with Crippen LogP contribution in [0.3, 0.4) is 0 Å². The Kier molecular flexibility index (Phi) is 5.67. The van der Waals surface area contributed by atoms with Crippen molar-refractivity contribution >= 4 is 23.2 Å². The number of nitrogens with zero attached hydrogens (tertiary/aromatic N) is 4. The van der Waals surface area contributed by atoms with Crippen LogP contribution in [0.2, 0.25) is 10.0 Å². The first-order valence-corrected chi connectivity index (χ1v) is 8.34. The number of aromatic nitrogens is 4. The molecule has 0 aliphatic rings. The molecule has 2 heterocycles. The molecule has 0 aliphatic carbocycles. The van der Waals surface area contributed by atoms with Gasteiger partial charge in [0.05, 0.1) is 12.8 Å². The van der Waals surface area contributed by atoms with Crippen LogP contribution in [0, 0.1) is 0 Å². The predicted octanol–water partition coefficient (Wildman–Crippen LogP) is 1.75. The van der Waals surface area contributed by atoms with E-state index < -0.39 is 11.7 Å². The zero-order chi connectivity index (χ0) is 18.7. The first-order valence-electron chi connectivity index (χ1n) is 7.58. The highest BCUT2D eigenvalue weighted by atomic mass is 35.5. The van der Waals surface area contributed by atoms with E-state index in [9.17, 15) is 9.90 Å². The van der Waals surface area contributed by atoms with Crippen LogP contribution in [0.15, 0.2) is 39.8 Å². The summed E-state index contributed by atoms with van der Waals surface area (Å²) in [6.07, 6.45) is 0.598. The van der Waals surface area contributed by atoms with Crippen LogP contribution >= 0.6 is 23.2 Å². The van der Waals surface area contributed by atoms with Crippen LogP contribution in [-0.4, -0.2) is 30.1 Å². The molecule has 0 saturated carbocycles. The second-order valence-corrected chi connectivity index (χ2v) is 6.31. The molecule has 26 heavy (non-hydrogen) atoms. The number of hydrogen-bond donors (Lipinski definition) is 2. The highest BCUT2D eigenvalue weighted by Gasteiger charge is 2.18. The molecule has 2 aromatic heterocycles.